The number of piperazine rings is 1. The lowest BCUT2D eigenvalue weighted by Crippen LogP contribution is -2.45. The third-order valence-electron chi connectivity index (χ3n) is 3.81. The molecule has 1 fully saturated rings. The molecule has 1 saturated heterocycles. The number of nitrogens with one attached hydrogen (secondary N) is 1. The largest absolute Gasteiger partial charge is 0.369 e. The number of rotatable bonds is 4. The molecule has 0 spiro atoms. The molecule has 0 aromatic heterocycles. The van der Waals surface area contributed by atoms with Crippen molar-refractivity contribution in [1.82, 2.24) is 10.2 Å². The van der Waals surface area contributed by atoms with E-state index in [2.05, 4.69) is 70.1 Å². The first-order valence-electron chi connectivity index (χ1n) is 7.08. The van der Waals surface area contributed by atoms with Crippen LogP contribution in [-0.2, 0) is 0 Å². The Morgan fingerprint density at radius 2 is 1.95 bits per heavy atom. The van der Waals surface area contributed by atoms with Gasteiger partial charge in [0.2, 0.25) is 0 Å². The molecule has 1 N–H and O–H groups in total. The molecule has 1 unspecified atom stereocenters. The maximum absolute atomic E-state index is 3.61. The van der Waals surface area contributed by atoms with Gasteiger partial charge in [0.25, 0.3) is 0 Å². The van der Waals surface area contributed by atoms with Gasteiger partial charge in [0.1, 0.15) is 0 Å². The molecule has 106 valence electrons. The first-order valence-corrected chi connectivity index (χ1v) is 7.87. The van der Waals surface area contributed by atoms with Gasteiger partial charge in [-0.15, -0.1) is 0 Å². The minimum absolute atomic E-state index is 0.396. The highest BCUT2D eigenvalue weighted by Gasteiger charge is 2.19. The summed E-state index contributed by atoms with van der Waals surface area (Å²) in [6.45, 7) is 9.90. The molecule has 4 heteroatoms. The first kappa shape index (κ1) is 14.8. The van der Waals surface area contributed by atoms with E-state index in [0.717, 1.165) is 37.2 Å². The Morgan fingerprint density at radius 3 is 2.58 bits per heavy atom. The van der Waals surface area contributed by atoms with Crippen LogP contribution in [0.15, 0.2) is 22.7 Å². The van der Waals surface area contributed by atoms with Gasteiger partial charge in [-0.2, -0.15) is 0 Å². The second-order valence-electron chi connectivity index (χ2n) is 5.27. The lowest BCUT2D eigenvalue weighted by Gasteiger charge is -2.36. The summed E-state index contributed by atoms with van der Waals surface area (Å²) in [7, 11) is 2.19. The van der Waals surface area contributed by atoms with Crippen LogP contribution in [0.25, 0.3) is 0 Å². The lowest BCUT2D eigenvalue weighted by atomic mass is 10.0. The van der Waals surface area contributed by atoms with Crippen molar-refractivity contribution < 1.29 is 0 Å². The van der Waals surface area contributed by atoms with Crippen molar-refractivity contribution >= 4 is 21.6 Å². The molecule has 0 aliphatic carbocycles. The molecule has 0 amide bonds. The highest BCUT2D eigenvalue weighted by Crippen LogP contribution is 2.30. The predicted molar refractivity (Wildman–Crippen MR) is 85.9 cm³/mol. The number of anilines is 1. The fraction of sp³-hybridized carbons (Fsp3) is 0.600. The van der Waals surface area contributed by atoms with Crippen LogP contribution in [0.5, 0.6) is 0 Å². The van der Waals surface area contributed by atoms with E-state index in [0.29, 0.717) is 6.04 Å². The molecular weight excluding hydrogens is 302 g/mol. The molecule has 2 rings (SSSR count). The van der Waals surface area contributed by atoms with E-state index in [1.54, 1.807) is 0 Å². The first-order chi connectivity index (χ1) is 9.11. The van der Waals surface area contributed by atoms with Crippen LogP contribution in [0.1, 0.15) is 25.5 Å². The van der Waals surface area contributed by atoms with Crippen LogP contribution in [0, 0.1) is 0 Å². The number of benzene rings is 1. The highest BCUT2D eigenvalue weighted by atomic mass is 79.9. The highest BCUT2D eigenvalue weighted by molar-refractivity contribution is 9.10. The SMILES string of the molecule is CCNC(C)c1ccc(Br)cc1N1CCN(C)CC1. The molecule has 0 radical (unpaired) electrons. The number of nitrogens with zero attached hydrogens (tertiary/aromatic N) is 2. The summed E-state index contributed by atoms with van der Waals surface area (Å²) in [5, 5.41) is 3.52. The molecule has 1 heterocycles. The van der Waals surface area contributed by atoms with Crippen molar-refractivity contribution in [2.45, 2.75) is 19.9 Å². The van der Waals surface area contributed by atoms with Gasteiger partial charge in [-0.05, 0) is 38.2 Å². The number of hydrogen-bond donors (Lipinski definition) is 1. The van der Waals surface area contributed by atoms with E-state index < -0.39 is 0 Å². The molecule has 0 saturated carbocycles. The van der Waals surface area contributed by atoms with Gasteiger partial charge < -0.3 is 15.1 Å². The third-order valence-corrected chi connectivity index (χ3v) is 4.31. The fourth-order valence-corrected chi connectivity index (χ4v) is 2.97. The third kappa shape index (κ3) is 3.71. The van der Waals surface area contributed by atoms with Crippen LogP contribution < -0.4 is 10.2 Å². The minimum Gasteiger partial charge on any atom is -0.369 e. The van der Waals surface area contributed by atoms with Crippen LogP contribution in [0.2, 0.25) is 0 Å². The molecule has 1 aliphatic rings. The van der Waals surface area contributed by atoms with Crippen LogP contribution in [0.4, 0.5) is 5.69 Å². The van der Waals surface area contributed by atoms with Gasteiger partial charge in [-0.25, -0.2) is 0 Å². The Morgan fingerprint density at radius 1 is 1.26 bits per heavy atom. The molecule has 19 heavy (non-hydrogen) atoms. The van der Waals surface area contributed by atoms with Gasteiger partial charge in [0.15, 0.2) is 0 Å². The van der Waals surface area contributed by atoms with Crippen molar-refractivity contribution in [3.05, 3.63) is 28.2 Å². The van der Waals surface area contributed by atoms with E-state index in [-0.39, 0.29) is 0 Å². The predicted octanol–water partition coefficient (Wildman–Crippen LogP) is 2.87. The molecule has 1 aromatic carbocycles. The van der Waals surface area contributed by atoms with Gasteiger partial charge >= 0.3 is 0 Å². The molecule has 0 bridgehead atoms. The minimum atomic E-state index is 0.396. The van der Waals surface area contributed by atoms with Crippen molar-refractivity contribution in [3.8, 4) is 0 Å². The average molecular weight is 326 g/mol. The summed E-state index contributed by atoms with van der Waals surface area (Å²) in [4.78, 5) is 4.90. The van der Waals surface area contributed by atoms with Crippen molar-refractivity contribution in [1.29, 1.82) is 0 Å². The zero-order valence-electron chi connectivity index (χ0n) is 12.1. The van der Waals surface area contributed by atoms with Crippen molar-refractivity contribution in [3.63, 3.8) is 0 Å². The Labute approximate surface area is 125 Å². The Hall–Kier alpha value is -0.580. The number of likely N-dealkylation sites (N-methyl/N-ethyl adjacent to an activating group) is 1. The van der Waals surface area contributed by atoms with Gasteiger partial charge in [0, 0.05) is 42.4 Å². The van der Waals surface area contributed by atoms with Gasteiger partial charge in [-0.1, -0.05) is 28.9 Å². The number of halogens is 1. The molecule has 1 atom stereocenters. The fourth-order valence-electron chi connectivity index (χ4n) is 2.62. The molecular formula is C15H24BrN3. The maximum Gasteiger partial charge on any atom is 0.0426 e. The van der Waals surface area contributed by atoms with Crippen LogP contribution in [0.3, 0.4) is 0 Å². The summed E-state index contributed by atoms with van der Waals surface area (Å²) >= 11 is 3.61. The Bertz CT molecular complexity index is 414. The standard InChI is InChI=1S/C15H24BrN3/c1-4-17-12(2)14-6-5-13(16)11-15(14)19-9-7-18(3)8-10-19/h5-6,11-12,17H,4,7-10H2,1-3H3. The smallest absolute Gasteiger partial charge is 0.0426 e. The molecule has 1 aromatic rings. The van der Waals surface area contributed by atoms with Crippen LogP contribution >= 0.6 is 15.9 Å². The van der Waals surface area contributed by atoms with E-state index >= 15 is 0 Å². The molecule has 3 nitrogen and oxygen atoms in total. The van der Waals surface area contributed by atoms with E-state index in [9.17, 15) is 0 Å². The summed E-state index contributed by atoms with van der Waals surface area (Å²) in [6.07, 6.45) is 0. The molecule has 1 aliphatic heterocycles. The second-order valence-corrected chi connectivity index (χ2v) is 6.19. The maximum atomic E-state index is 3.61. The Balaban J connectivity index is 2.24. The second kappa shape index (κ2) is 6.73. The monoisotopic (exact) mass is 325 g/mol. The van der Waals surface area contributed by atoms with Gasteiger partial charge in [-0.3, -0.25) is 0 Å². The van der Waals surface area contributed by atoms with Gasteiger partial charge in [0.05, 0.1) is 0 Å². The topological polar surface area (TPSA) is 18.5 Å². The van der Waals surface area contributed by atoms with E-state index in [1.807, 2.05) is 0 Å². The van der Waals surface area contributed by atoms with Crippen LogP contribution in [-0.4, -0.2) is 44.7 Å². The van der Waals surface area contributed by atoms with Crippen molar-refractivity contribution in [2.75, 3.05) is 44.7 Å². The van der Waals surface area contributed by atoms with E-state index in [4.69, 9.17) is 0 Å². The normalized spacial score (nSPS) is 18.6. The lowest BCUT2D eigenvalue weighted by molar-refractivity contribution is 0.312. The quantitative estimate of drug-likeness (QED) is 0.918. The van der Waals surface area contributed by atoms with Crippen molar-refractivity contribution in [2.24, 2.45) is 0 Å². The zero-order chi connectivity index (χ0) is 13.8. The summed E-state index contributed by atoms with van der Waals surface area (Å²) in [5.74, 6) is 0. The average Bonchev–Trinajstić information content (AvgIpc) is 2.39. The number of hydrogen-bond acceptors (Lipinski definition) is 3. The summed E-state index contributed by atoms with van der Waals surface area (Å²) in [5.41, 5.74) is 2.77. The van der Waals surface area contributed by atoms with E-state index in [1.165, 1.54) is 11.3 Å². The zero-order valence-corrected chi connectivity index (χ0v) is 13.7. The summed E-state index contributed by atoms with van der Waals surface area (Å²) in [6, 6.07) is 7.04. The Kier molecular flexibility index (Phi) is 5.25. The summed E-state index contributed by atoms with van der Waals surface area (Å²) < 4.78 is 1.16.